The van der Waals surface area contributed by atoms with Crippen LogP contribution in [-0.4, -0.2) is 27.1 Å². The van der Waals surface area contributed by atoms with Gasteiger partial charge in [-0.05, 0) is 29.2 Å². The third kappa shape index (κ3) is 2.36. The summed E-state index contributed by atoms with van der Waals surface area (Å²) in [5, 5.41) is 12.0. The van der Waals surface area contributed by atoms with Gasteiger partial charge in [0, 0.05) is 12.4 Å². The van der Waals surface area contributed by atoms with E-state index in [0.717, 1.165) is 5.56 Å². The molecule has 2 aliphatic heterocycles. The van der Waals surface area contributed by atoms with Gasteiger partial charge in [-0.1, -0.05) is 0 Å². The van der Waals surface area contributed by atoms with Crippen molar-refractivity contribution < 1.29 is 44.3 Å². The van der Waals surface area contributed by atoms with Crippen LogP contribution in [0.15, 0.2) is 41.2 Å². The Kier molecular flexibility index (Phi) is 4.15. The average Bonchev–Trinajstić information content (AvgIpc) is 2.77. The number of aromatic nitrogens is 1. The van der Waals surface area contributed by atoms with Crippen molar-refractivity contribution in [1.29, 1.82) is 0 Å². The molecule has 0 saturated carbocycles. The first-order chi connectivity index (χ1) is 8.68. The Morgan fingerprint density at radius 2 is 2.11 bits per heavy atom. The Hall–Kier alpha value is -1.08. The van der Waals surface area contributed by atoms with Crippen LogP contribution in [0.3, 0.4) is 0 Å². The molecular formula is C12H7N2NaO3S. The van der Waals surface area contributed by atoms with Crippen LogP contribution in [0.2, 0.25) is 0 Å². The van der Waals surface area contributed by atoms with E-state index in [0.29, 0.717) is 5.57 Å². The smallest absolute Gasteiger partial charge is 0.543 e. The Morgan fingerprint density at radius 3 is 2.74 bits per heavy atom. The number of amides is 1. The van der Waals surface area contributed by atoms with Gasteiger partial charge in [0.05, 0.1) is 17.2 Å². The molecule has 19 heavy (non-hydrogen) atoms. The molecule has 1 aromatic rings. The zero-order chi connectivity index (χ0) is 12.7. The van der Waals surface area contributed by atoms with Crippen molar-refractivity contribution in [2.45, 2.75) is 5.37 Å². The van der Waals surface area contributed by atoms with Gasteiger partial charge < -0.3 is 9.90 Å². The molecule has 1 fully saturated rings. The summed E-state index contributed by atoms with van der Waals surface area (Å²) < 4.78 is 0. The van der Waals surface area contributed by atoms with E-state index in [4.69, 9.17) is 0 Å². The monoisotopic (exact) mass is 282 g/mol. The molecule has 5 nitrogen and oxygen atoms in total. The average molecular weight is 282 g/mol. The SMILES string of the molecule is O=C([O-])C1=CSC2C(=Cc3ccncc3)C(=O)N12.[Na+]. The number of hydrogen-bond donors (Lipinski definition) is 0. The predicted molar refractivity (Wildman–Crippen MR) is 63.5 cm³/mol. The summed E-state index contributed by atoms with van der Waals surface area (Å²) >= 11 is 1.30. The normalized spacial score (nSPS) is 22.4. The van der Waals surface area contributed by atoms with Crippen LogP contribution in [0.25, 0.3) is 6.08 Å². The molecule has 1 aromatic heterocycles. The number of rotatable bonds is 2. The van der Waals surface area contributed by atoms with Gasteiger partial charge >= 0.3 is 29.6 Å². The van der Waals surface area contributed by atoms with Gasteiger partial charge in [0.2, 0.25) is 0 Å². The number of thioether (sulfide) groups is 1. The second kappa shape index (κ2) is 5.50. The third-order valence-corrected chi connectivity index (χ3v) is 3.85. The first-order valence-electron chi connectivity index (χ1n) is 5.20. The Labute approximate surface area is 135 Å². The van der Waals surface area contributed by atoms with Gasteiger partial charge in [0.15, 0.2) is 0 Å². The molecule has 1 amide bonds. The van der Waals surface area contributed by atoms with E-state index in [1.807, 2.05) is 0 Å². The molecular weight excluding hydrogens is 275 g/mol. The fraction of sp³-hybridized carbons (Fsp3) is 0.0833. The molecule has 0 radical (unpaired) electrons. The van der Waals surface area contributed by atoms with Crippen LogP contribution >= 0.6 is 11.8 Å². The molecule has 0 aliphatic carbocycles. The van der Waals surface area contributed by atoms with Crippen molar-refractivity contribution in [1.82, 2.24) is 9.88 Å². The molecule has 1 unspecified atom stereocenters. The van der Waals surface area contributed by atoms with E-state index < -0.39 is 5.97 Å². The molecule has 90 valence electrons. The van der Waals surface area contributed by atoms with Crippen LogP contribution < -0.4 is 34.7 Å². The van der Waals surface area contributed by atoms with E-state index >= 15 is 0 Å². The van der Waals surface area contributed by atoms with Crippen LogP contribution in [-0.2, 0) is 9.59 Å². The maximum Gasteiger partial charge on any atom is 1.00 e. The quantitative estimate of drug-likeness (QED) is 0.328. The number of nitrogens with zero attached hydrogens (tertiary/aromatic N) is 2. The zero-order valence-electron chi connectivity index (χ0n) is 10.1. The number of pyridine rings is 1. The largest absolute Gasteiger partial charge is 1.00 e. The van der Waals surface area contributed by atoms with Crippen molar-refractivity contribution in [2.75, 3.05) is 0 Å². The Balaban J connectivity index is 0.00000133. The first kappa shape index (κ1) is 14.3. The number of fused-ring (bicyclic) bond motifs is 1. The minimum atomic E-state index is -1.32. The van der Waals surface area contributed by atoms with Crippen molar-refractivity contribution in [2.24, 2.45) is 0 Å². The maximum absolute atomic E-state index is 11.9. The number of carboxylic acid groups (broad SMARTS) is 1. The van der Waals surface area contributed by atoms with Gasteiger partial charge in [0.1, 0.15) is 5.37 Å². The van der Waals surface area contributed by atoms with E-state index in [9.17, 15) is 14.7 Å². The van der Waals surface area contributed by atoms with Gasteiger partial charge in [0.25, 0.3) is 5.91 Å². The standard InChI is InChI=1S/C12H8N2O3S.Na/c15-10-8(5-7-1-3-13-4-2-7)11-14(10)9(6-18-11)12(16)17;/h1-6,11H,(H,16,17);/q;+1/p-1. The van der Waals surface area contributed by atoms with Gasteiger partial charge in [-0.25, -0.2) is 0 Å². The molecule has 1 saturated heterocycles. The Morgan fingerprint density at radius 1 is 1.42 bits per heavy atom. The summed E-state index contributed by atoms with van der Waals surface area (Å²) in [4.78, 5) is 27.8. The van der Waals surface area contributed by atoms with E-state index in [2.05, 4.69) is 4.98 Å². The zero-order valence-corrected chi connectivity index (χ0v) is 12.9. The summed E-state index contributed by atoms with van der Waals surface area (Å²) in [7, 11) is 0. The second-order valence-corrected chi connectivity index (χ2v) is 4.79. The summed E-state index contributed by atoms with van der Waals surface area (Å²) in [6.45, 7) is 0. The number of aliphatic carboxylic acids is 1. The minimum absolute atomic E-state index is 0. The fourth-order valence-electron chi connectivity index (χ4n) is 1.90. The molecule has 0 spiro atoms. The molecule has 0 N–H and O–H groups in total. The van der Waals surface area contributed by atoms with Gasteiger partial charge in [-0.3, -0.25) is 14.7 Å². The molecule has 3 rings (SSSR count). The number of carbonyl (C=O) groups is 2. The van der Waals surface area contributed by atoms with Crippen LogP contribution in [0.1, 0.15) is 5.56 Å². The van der Waals surface area contributed by atoms with Crippen LogP contribution in [0.4, 0.5) is 0 Å². The fourth-order valence-corrected chi connectivity index (χ4v) is 3.01. The summed E-state index contributed by atoms with van der Waals surface area (Å²) in [5.41, 5.74) is 1.41. The Bertz CT molecular complexity index is 600. The number of carboxylic acids is 1. The maximum atomic E-state index is 11.9. The topological polar surface area (TPSA) is 73.3 Å². The van der Waals surface area contributed by atoms with Gasteiger partial charge in [-0.15, -0.1) is 11.8 Å². The van der Waals surface area contributed by atoms with Crippen molar-refractivity contribution in [3.8, 4) is 0 Å². The predicted octanol–water partition coefficient (Wildman–Crippen LogP) is -3.02. The van der Waals surface area contributed by atoms with Crippen molar-refractivity contribution in [3.05, 3.63) is 46.8 Å². The molecule has 1 atom stereocenters. The summed E-state index contributed by atoms with van der Waals surface area (Å²) in [6, 6.07) is 3.57. The van der Waals surface area contributed by atoms with Crippen molar-refractivity contribution >= 4 is 29.7 Å². The van der Waals surface area contributed by atoms with Crippen molar-refractivity contribution in [3.63, 3.8) is 0 Å². The minimum Gasteiger partial charge on any atom is -0.543 e. The molecule has 3 heterocycles. The summed E-state index contributed by atoms with van der Waals surface area (Å²) in [5.74, 6) is -1.60. The van der Waals surface area contributed by atoms with Gasteiger partial charge in [-0.2, -0.15) is 0 Å². The first-order valence-corrected chi connectivity index (χ1v) is 6.15. The molecule has 0 bridgehead atoms. The van der Waals surface area contributed by atoms with Crippen LogP contribution in [0, 0.1) is 0 Å². The summed E-state index contributed by atoms with van der Waals surface area (Å²) in [6.07, 6.45) is 5.03. The number of hydrogen-bond acceptors (Lipinski definition) is 5. The second-order valence-electron chi connectivity index (χ2n) is 3.83. The van der Waals surface area contributed by atoms with E-state index in [1.165, 1.54) is 22.1 Å². The van der Waals surface area contributed by atoms with Crippen LogP contribution in [0.5, 0.6) is 0 Å². The van der Waals surface area contributed by atoms with E-state index in [1.54, 1.807) is 30.6 Å². The third-order valence-electron chi connectivity index (χ3n) is 2.77. The number of carbonyl (C=O) groups excluding carboxylic acids is 2. The molecule has 0 aromatic carbocycles. The number of β-lactam (4-membered cyclic amide) rings is 1. The molecule has 2 aliphatic rings. The van der Waals surface area contributed by atoms with E-state index in [-0.39, 0.29) is 46.5 Å². The molecule has 7 heteroatoms.